The van der Waals surface area contributed by atoms with E-state index in [1.54, 1.807) is 0 Å². The average Bonchev–Trinajstić information content (AvgIpc) is 3.87. The molecule has 0 spiro atoms. The van der Waals surface area contributed by atoms with Crippen molar-refractivity contribution in [1.82, 2.24) is 19.1 Å². The number of aryl methyl sites for hydroxylation is 1. The second-order valence-electron chi connectivity index (χ2n) is 16.2. The number of hydrogen-bond donors (Lipinski definition) is 0. The highest BCUT2D eigenvalue weighted by atomic mass is 15.0. The number of rotatable bonds is 7. The van der Waals surface area contributed by atoms with Crippen LogP contribution < -0.4 is 0 Å². The van der Waals surface area contributed by atoms with E-state index in [2.05, 4.69) is 228 Å². The average molecular weight is 805 g/mol. The number of aromatic nitrogens is 4. The van der Waals surface area contributed by atoms with Crippen molar-refractivity contribution in [2.45, 2.75) is 6.92 Å². The smallest absolute Gasteiger partial charge is 0.160 e. The molecule has 0 aliphatic carbocycles. The van der Waals surface area contributed by atoms with Gasteiger partial charge in [0.1, 0.15) is 0 Å². The molecular formula is C59H40N4. The largest absolute Gasteiger partial charge is 0.309 e. The van der Waals surface area contributed by atoms with Gasteiger partial charge in [-0.05, 0) is 72.1 Å². The van der Waals surface area contributed by atoms with Crippen LogP contribution in [0.15, 0.2) is 224 Å². The van der Waals surface area contributed by atoms with E-state index >= 15 is 0 Å². The number of benzene rings is 9. The van der Waals surface area contributed by atoms with E-state index in [-0.39, 0.29) is 0 Å². The summed E-state index contributed by atoms with van der Waals surface area (Å²) in [7, 11) is 0. The molecule has 0 saturated heterocycles. The number of nitrogens with zero attached hydrogens (tertiary/aromatic N) is 4. The number of para-hydroxylation sites is 4. The molecule has 0 aliphatic heterocycles. The second kappa shape index (κ2) is 15.0. The summed E-state index contributed by atoms with van der Waals surface area (Å²) < 4.78 is 4.88. The molecule has 4 nitrogen and oxygen atoms in total. The molecule has 3 aromatic heterocycles. The predicted molar refractivity (Wildman–Crippen MR) is 263 cm³/mol. The van der Waals surface area contributed by atoms with E-state index in [0.29, 0.717) is 5.82 Å². The van der Waals surface area contributed by atoms with Crippen molar-refractivity contribution in [2.24, 2.45) is 0 Å². The Morgan fingerprint density at radius 3 is 1.38 bits per heavy atom. The minimum Gasteiger partial charge on any atom is -0.309 e. The molecule has 3 heterocycles. The Balaban J connectivity index is 1.16. The molecule has 12 rings (SSSR count). The number of hydrogen-bond acceptors (Lipinski definition) is 2. The molecule has 12 aromatic rings. The first-order valence-corrected chi connectivity index (χ1v) is 21.5. The lowest BCUT2D eigenvalue weighted by Crippen LogP contribution is -2.03. The van der Waals surface area contributed by atoms with Crippen molar-refractivity contribution in [3.8, 4) is 67.5 Å². The molecule has 296 valence electrons. The Kier molecular flexibility index (Phi) is 8.68. The summed E-state index contributed by atoms with van der Waals surface area (Å²) in [6.45, 7) is 2.19. The maximum Gasteiger partial charge on any atom is 0.160 e. The van der Waals surface area contributed by atoms with Crippen LogP contribution in [0.5, 0.6) is 0 Å². The van der Waals surface area contributed by atoms with Crippen LogP contribution in [0.25, 0.3) is 111 Å². The van der Waals surface area contributed by atoms with Gasteiger partial charge in [0.15, 0.2) is 5.82 Å². The highest BCUT2D eigenvalue weighted by Crippen LogP contribution is 2.43. The van der Waals surface area contributed by atoms with Crippen molar-refractivity contribution >= 4 is 43.6 Å². The molecule has 0 bridgehead atoms. The van der Waals surface area contributed by atoms with E-state index in [9.17, 15) is 0 Å². The summed E-state index contributed by atoms with van der Waals surface area (Å²) in [5.41, 5.74) is 17.5. The van der Waals surface area contributed by atoms with Gasteiger partial charge in [-0.3, -0.25) is 0 Å². The van der Waals surface area contributed by atoms with Crippen molar-refractivity contribution < 1.29 is 0 Å². The first-order valence-electron chi connectivity index (χ1n) is 21.5. The first-order chi connectivity index (χ1) is 31.2. The predicted octanol–water partition coefficient (Wildman–Crippen LogP) is 15.3. The van der Waals surface area contributed by atoms with Crippen LogP contribution >= 0.6 is 0 Å². The fourth-order valence-electron chi connectivity index (χ4n) is 9.55. The highest BCUT2D eigenvalue weighted by molar-refractivity contribution is 6.12. The lowest BCUT2D eigenvalue weighted by molar-refractivity contribution is 1.15. The van der Waals surface area contributed by atoms with Gasteiger partial charge in [-0.15, -0.1) is 0 Å². The van der Waals surface area contributed by atoms with Gasteiger partial charge in [0, 0.05) is 49.4 Å². The van der Waals surface area contributed by atoms with Crippen LogP contribution in [-0.4, -0.2) is 19.1 Å². The Hall–Kier alpha value is -8.34. The van der Waals surface area contributed by atoms with E-state index < -0.39 is 0 Å². The van der Waals surface area contributed by atoms with E-state index in [1.807, 2.05) is 12.1 Å². The van der Waals surface area contributed by atoms with Gasteiger partial charge < -0.3 is 9.13 Å². The summed E-state index contributed by atoms with van der Waals surface area (Å²) in [6.07, 6.45) is 0. The fraction of sp³-hybridized carbons (Fsp3) is 0.0169. The van der Waals surface area contributed by atoms with Gasteiger partial charge in [-0.2, -0.15) is 0 Å². The van der Waals surface area contributed by atoms with Crippen LogP contribution in [0.3, 0.4) is 0 Å². The van der Waals surface area contributed by atoms with Crippen molar-refractivity contribution in [3.63, 3.8) is 0 Å². The van der Waals surface area contributed by atoms with E-state index in [1.165, 1.54) is 49.3 Å². The molecular weight excluding hydrogens is 765 g/mol. The molecule has 0 N–H and O–H groups in total. The summed E-state index contributed by atoms with van der Waals surface area (Å²) in [6, 6.07) is 80.3. The van der Waals surface area contributed by atoms with Gasteiger partial charge in [0.2, 0.25) is 0 Å². The molecule has 9 aromatic carbocycles. The van der Waals surface area contributed by atoms with Crippen LogP contribution in [0.2, 0.25) is 0 Å². The summed E-state index contributed by atoms with van der Waals surface area (Å²) in [4.78, 5) is 10.6. The third kappa shape index (κ3) is 6.14. The maximum absolute atomic E-state index is 5.30. The molecule has 0 fully saturated rings. The van der Waals surface area contributed by atoms with Gasteiger partial charge >= 0.3 is 0 Å². The van der Waals surface area contributed by atoms with Crippen LogP contribution in [0.4, 0.5) is 0 Å². The first kappa shape index (κ1) is 36.5. The zero-order valence-electron chi connectivity index (χ0n) is 34.7. The normalized spacial score (nSPS) is 11.6. The monoisotopic (exact) mass is 804 g/mol. The van der Waals surface area contributed by atoms with Gasteiger partial charge in [-0.1, -0.05) is 176 Å². The molecule has 0 amide bonds. The van der Waals surface area contributed by atoms with Gasteiger partial charge in [0.25, 0.3) is 0 Å². The zero-order valence-corrected chi connectivity index (χ0v) is 34.7. The number of fused-ring (bicyclic) bond motifs is 6. The lowest BCUT2D eigenvalue weighted by Gasteiger charge is -2.20. The van der Waals surface area contributed by atoms with Crippen LogP contribution in [0.1, 0.15) is 5.56 Å². The minimum absolute atomic E-state index is 0.668. The van der Waals surface area contributed by atoms with E-state index in [0.717, 1.165) is 61.6 Å². The zero-order chi connectivity index (χ0) is 41.9. The molecule has 63 heavy (non-hydrogen) atoms. The van der Waals surface area contributed by atoms with Crippen molar-refractivity contribution in [2.75, 3.05) is 0 Å². The second-order valence-corrected chi connectivity index (χ2v) is 16.2. The molecule has 0 atom stereocenters. The van der Waals surface area contributed by atoms with Crippen LogP contribution in [-0.2, 0) is 0 Å². The molecule has 0 aliphatic rings. The SMILES string of the molecule is Cc1ccccc1-c1ccc2c(c1)c1ccccc1n2-c1cc(-c2nc(-c3ccccc3)cc(-c3ccccc3)n2)ccc1-c1ccccc1-n1c2ccccc2c2ccccc21. The van der Waals surface area contributed by atoms with Gasteiger partial charge in [-0.25, -0.2) is 9.97 Å². The highest BCUT2D eigenvalue weighted by Gasteiger charge is 2.22. The molecule has 0 unspecified atom stereocenters. The molecule has 0 saturated carbocycles. The quantitative estimate of drug-likeness (QED) is 0.161. The van der Waals surface area contributed by atoms with E-state index in [4.69, 9.17) is 9.97 Å². The Morgan fingerprint density at radius 1 is 0.302 bits per heavy atom. The summed E-state index contributed by atoms with van der Waals surface area (Å²) in [5, 5.41) is 4.86. The third-order valence-electron chi connectivity index (χ3n) is 12.5. The third-order valence-corrected chi connectivity index (χ3v) is 12.5. The standard InChI is InChI=1S/C59H40N4/c1-39-18-8-9-23-44(39)42-33-35-57-50(36-42)48-27-13-17-31-56(48)63(57)58-37-43(59-60-51(40-19-4-2-5-20-40)38-52(61-59)41-21-6-3-7-22-41)32-34-49(58)47-26-12-16-30-55(47)62-53-28-14-10-24-45(53)46-25-11-15-29-54(46)62/h2-38H,1H3. The van der Waals surface area contributed by atoms with Gasteiger partial charge in [0.05, 0.1) is 44.8 Å². The summed E-state index contributed by atoms with van der Waals surface area (Å²) >= 11 is 0. The molecule has 0 radical (unpaired) electrons. The Labute approximate surface area is 365 Å². The minimum atomic E-state index is 0.668. The summed E-state index contributed by atoms with van der Waals surface area (Å²) in [5.74, 6) is 0.668. The molecule has 4 heteroatoms. The lowest BCUT2D eigenvalue weighted by atomic mass is 9.98. The fourth-order valence-corrected chi connectivity index (χ4v) is 9.55. The Bertz CT molecular complexity index is 3580. The maximum atomic E-state index is 5.30. The van der Waals surface area contributed by atoms with Crippen molar-refractivity contribution in [1.29, 1.82) is 0 Å². The van der Waals surface area contributed by atoms with Crippen LogP contribution in [0, 0.1) is 6.92 Å². The van der Waals surface area contributed by atoms with Crippen molar-refractivity contribution in [3.05, 3.63) is 230 Å². The Morgan fingerprint density at radius 2 is 0.762 bits per heavy atom. The topological polar surface area (TPSA) is 35.6 Å².